The van der Waals surface area contributed by atoms with Gasteiger partial charge in [-0.25, -0.2) is 0 Å². The number of halogens is 5. The first kappa shape index (κ1) is 21.6. The zero-order valence-electron chi connectivity index (χ0n) is 15.6. The SMILES string of the molecule is C[C@@H](Nc1cc(N2CCN(C=O)CC2)ccc1C(F)(F)F)c1ccc(Cl)cc1Cl. The highest BCUT2D eigenvalue weighted by molar-refractivity contribution is 6.35. The fourth-order valence-corrected chi connectivity index (χ4v) is 3.92. The zero-order valence-corrected chi connectivity index (χ0v) is 17.2. The normalized spacial score (nSPS) is 15.9. The molecular formula is C20H20Cl2F3N3O. The molecule has 1 aliphatic rings. The number of carbonyl (C=O) groups is 1. The van der Waals surface area contributed by atoms with Gasteiger partial charge in [-0.05, 0) is 42.8 Å². The summed E-state index contributed by atoms with van der Waals surface area (Å²) in [6.07, 6.45) is -3.71. The van der Waals surface area contributed by atoms with Gasteiger partial charge in [-0.2, -0.15) is 13.2 Å². The monoisotopic (exact) mass is 445 g/mol. The van der Waals surface area contributed by atoms with Gasteiger partial charge in [-0.15, -0.1) is 0 Å². The molecular weight excluding hydrogens is 426 g/mol. The maximum Gasteiger partial charge on any atom is 0.418 e. The fraction of sp³-hybridized carbons (Fsp3) is 0.350. The zero-order chi connectivity index (χ0) is 21.2. The van der Waals surface area contributed by atoms with Gasteiger partial charge in [0.2, 0.25) is 6.41 Å². The predicted octanol–water partition coefficient (Wildman–Crippen LogP) is 5.46. The summed E-state index contributed by atoms with van der Waals surface area (Å²) in [5.74, 6) is 0. The first-order valence-corrected chi connectivity index (χ1v) is 9.81. The van der Waals surface area contributed by atoms with Crippen molar-refractivity contribution in [2.45, 2.75) is 19.1 Å². The smallest absolute Gasteiger partial charge is 0.378 e. The Labute approximate surface area is 177 Å². The summed E-state index contributed by atoms with van der Waals surface area (Å²) < 4.78 is 40.7. The molecule has 1 atom stereocenters. The standard InChI is InChI=1S/C20H20Cl2F3N3O/c1-13(16-4-2-14(21)10-18(16)22)26-19-11-15(3-5-17(19)20(23,24)25)28-8-6-27(12-29)7-9-28/h2-5,10-13,26H,6-9H2,1H3/t13-/m1/s1. The molecule has 2 aromatic rings. The van der Waals surface area contributed by atoms with Crippen molar-refractivity contribution in [1.82, 2.24) is 4.90 Å². The quantitative estimate of drug-likeness (QED) is 0.620. The van der Waals surface area contributed by atoms with Gasteiger partial charge in [0, 0.05) is 47.6 Å². The molecule has 0 aromatic heterocycles. The Bertz CT molecular complexity index is 884. The van der Waals surface area contributed by atoms with E-state index < -0.39 is 17.8 Å². The van der Waals surface area contributed by atoms with Crippen molar-refractivity contribution >= 4 is 41.0 Å². The van der Waals surface area contributed by atoms with E-state index >= 15 is 0 Å². The van der Waals surface area contributed by atoms with Gasteiger partial charge in [0.25, 0.3) is 0 Å². The maximum atomic E-state index is 13.6. The first-order chi connectivity index (χ1) is 13.7. The molecule has 0 saturated carbocycles. The largest absolute Gasteiger partial charge is 0.418 e. The van der Waals surface area contributed by atoms with Crippen molar-refractivity contribution in [2.75, 3.05) is 36.4 Å². The molecule has 9 heteroatoms. The summed E-state index contributed by atoms with van der Waals surface area (Å²) in [7, 11) is 0. The number of amides is 1. The Morgan fingerprint density at radius 1 is 1.07 bits per heavy atom. The second kappa shape index (κ2) is 8.71. The molecule has 0 aliphatic carbocycles. The second-order valence-corrected chi connectivity index (χ2v) is 7.73. The Morgan fingerprint density at radius 2 is 1.76 bits per heavy atom. The van der Waals surface area contributed by atoms with Crippen molar-refractivity contribution < 1.29 is 18.0 Å². The average molecular weight is 446 g/mol. The number of alkyl halides is 3. The van der Waals surface area contributed by atoms with E-state index in [1.807, 2.05) is 4.90 Å². The molecule has 0 radical (unpaired) electrons. The number of carbonyl (C=O) groups excluding carboxylic acids is 1. The number of rotatable bonds is 5. The van der Waals surface area contributed by atoms with Crippen LogP contribution in [0.5, 0.6) is 0 Å². The molecule has 0 spiro atoms. The second-order valence-electron chi connectivity index (χ2n) is 6.89. The molecule has 29 heavy (non-hydrogen) atoms. The topological polar surface area (TPSA) is 35.6 Å². The van der Waals surface area contributed by atoms with Gasteiger partial charge < -0.3 is 15.1 Å². The van der Waals surface area contributed by atoms with Crippen LogP contribution >= 0.6 is 23.2 Å². The van der Waals surface area contributed by atoms with Gasteiger partial charge in [0.05, 0.1) is 11.6 Å². The number of benzene rings is 2. The number of hydrogen-bond donors (Lipinski definition) is 1. The summed E-state index contributed by atoms with van der Waals surface area (Å²) in [5, 5.41) is 3.79. The van der Waals surface area contributed by atoms with E-state index in [-0.39, 0.29) is 5.69 Å². The highest BCUT2D eigenvalue weighted by atomic mass is 35.5. The Balaban J connectivity index is 1.89. The Morgan fingerprint density at radius 3 is 2.34 bits per heavy atom. The minimum atomic E-state index is -4.50. The van der Waals surface area contributed by atoms with Gasteiger partial charge in [0.1, 0.15) is 0 Å². The maximum absolute atomic E-state index is 13.6. The molecule has 4 nitrogen and oxygen atoms in total. The molecule has 0 bridgehead atoms. The molecule has 1 fully saturated rings. The van der Waals surface area contributed by atoms with Gasteiger partial charge >= 0.3 is 6.18 Å². The van der Waals surface area contributed by atoms with Crippen LogP contribution in [-0.4, -0.2) is 37.5 Å². The molecule has 2 aromatic carbocycles. The lowest BCUT2D eigenvalue weighted by Gasteiger charge is -2.34. The highest BCUT2D eigenvalue weighted by Gasteiger charge is 2.34. The van der Waals surface area contributed by atoms with Crippen molar-refractivity contribution in [3.05, 3.63) is 57.6 Å². The van der Waals surface area contributed by atoms with E-state index in [9.17, 15) is 18.0 Å². The van der Waals surface area contributed by atoms with Crippen molar-refractivity contribution in [2.24, 2.45) is 0 Å². The third-order valence-electron chi connectivity index (χ3n) is 4.94. The minimum absolute atomic E-state index is 0.0219. The van der Waals surface area contributed by atoms with Gasteiger partial charge in [-0.1, -0.05) is 29.3 Å². The van der Waals surface area contributed by atoms with E-state index in [1.165, 1.54) is 12.1 Å². The van der Waals surface area contributed by atoms with E-state index in [2.05, 4.69) is 5.32 Å². The molecule has 3 rings (SSSR count). The van der Waals surface area contributed by atoms with E-state index in [0.717, 1.165) is 12.5 Å². The molecule has 1 saturated heterocycles. The van der Waals surface area contributed by atoms with Gasteiger partial charge in [-0.3, -0.25) is 4.79 Å². The summed E-state index contributed by atoms with van der Waals surface area (Å²) in [6, 6.07) is 8.48. The van der Waals surface area contributed by atoms with Crippen LogP contribution in [0, 0.1) is 0 Å². The van der Waals surface area contributed by atoms with Crippen LogP contribution in [0.15, 0.2) is 36.4 Å². The third kappa shape index (κ3) is 5.08. The molecule has 1 heterocycles. The molecule has 1 N–H and O–H groups in total. The van der Waals surface area contributed by atoms with Crippen LogP contribution in [0.25, 0.3) is 0 Å². The van der Waals surface area contributed by atoms with E-state index in [1.54, 1.807) is 30.0 Å². The lowest BCUT2D eigenvalue weighted by atomic mass is 10.1. The average Bonchev–Trinajstić information content (AvgIpc) is 2.67. The number of piperazine rings is 1. The van der Waals surface area contributed by atoms with Crippen LogP contribution in [0.4, 0.5) is 24.5 Å². The summed E-state index contributed by atoms with van der Waals surface area (Å²) in [4.78, 5) is 14.5. The predicted molar refractivity (Wildman–Crippen MR) is 110 cm³/mol. The minimum Gasteiger partial charge on any atom is -0.378 e. The van der Waals surface area contributed by atoms with E-state index in [4.69, 9.17) is 23.2 Å². The van der Waals surface area contributed by atoms with Crippen molar-refractivity contribution in [3.63, 3.8) is 0 Å². The summed E-state index contributed by atoms with van der Waals surface area (Å²) in [5.41, 5.74) is 0.547. The Hall–Kier alpha value is -2.12. The Kier molecular flexibility index (Phi) is 6.49. The third-order valence-corrected chi connectivity index (χ3v) is 5.50. The molecule has 1 aliphatic heterocycles. The lowest BCUT2D eigenvalue weighted by Crippen LogP contribution is -2.45. The number of nitrogens with zero attached hydrogens (tertiary/aromatic N) is 2. The first-order valence-electron chi connectivity index (χ1n) is 9.06. The lowest BCUT2D eigenvalue weighted by molar-refractivity contribution is -0.137. The molecule has 1 amide bonds. The van der Waals surface area contributed by atoms with Crippen LogP contribution in [0.1, 0.15) is 24.1 Å². The molecule has 0 unspecified atom stereocenters. The van der Waals surface area contributed by atoms with Crippen LogP contribution in [0.2, 0.25) is 10.0 Å². The fourth-order valence-electron chi connectivity index (χ4n) is 3.34. The summed E-state index contributed by atoms with van der Waals surface area (Å²) >= 11 is 12.1. The van der Waals surface area contributed by atoms with Crippen molar-refractivity contribution in [3.8, 4) is 0 Å². The van der Waals surface area contributed by atoms with Crippen LogP contribution < -0.4 is 10.2 Å². The summed E-state index contributed by atoms with van der Waals surface area (Å²) in [6.45, 7) is 3.92. The van der Waals surface area contributed by atoms with E-state index in [0.29, 0.717) is 47.5 Å². The highest BCUT2D eigenvalue weighted by Crippen LogP contribution is 2.39. The number of nitrogens with one attached hydrogen (secondary N) is 1. The van der Waals surface area contributed by atoms with Crippen molar-refractivity contribution in [1.29, 1.82) is 0 Å². The van der Waals surface area contributed by atoms with Crippen LogP contribution in [-0.2, 0) is 11.0 Å². The number of anilines is 2. The van der Waals surface area contributed by atoms with Gasteiger partial charge in [0.15, 0.2) is 0 Å². The molecule has 156 valence electrons. The number of hydrogen-bond acceptors (Lipinski definition) is 3. The van der Waals surface area contributed by atoms with Crippen LogP contribution in [0.3, 0.4) is 0 Å².